The van der Waals surface area contributed by atoms with Crippen LogP contribution in [0.5, 0.6) is 0 Å². The Bertz CT molecular complexity index is 877. The van der Waals surface area contributed by atoms with Crippen molar-refractivity contribution in [1.29, 1.82) is 0 Å². The van der Waals surface area contributed by atoms with Gasteiger partial charge in [0.2, 0.25) is 5.91 Å². The first kappa shape index (κ1) is 17.0. The second-order valence-electron chi connectivity index (χ2n) is 5.54. The van der Waals surface area contributed by atoms with Crippen LogP contribution in [0, 0.1) is 12.8 Å². The molecule has 6 nitrogen and oxygen atoms in total. The molecular weight excluding hydrogens is 386 g/mol. The number of hydrogen-bond donors (Lipinski definition) is 1. The molecule has 0 aromatic heterocycles. The molecule has 1 aliphatic heterocycles. The molecule has 7 heteroatoms. The van der Waals surface area contributed by atoms with Crippen LogP contribution in [-0.2, 0) is 9.59 Å². The van der Waals surface area contributed by atoms with Gasteiger partial charge in [-0.3, -0.25) is 19.9 Å². The lowest BCUT2D eigenvalue weighted by Gasteiger charge is -2.28. The minimum Gasteiger partial charge on any atom is -0.276 e. The number of halogens is 1. The second kappa shape index (κ2) is 6.98. The summed E-state index contributed by atoms with van der Waals surface area (Å²) in [6.07, 6.45) is 1.26. The zero-order valence-electron chi connectivity index (χ0n) is 13.3. The van der Waals surface area contributed by atoms with Gasteiger partial charge >= 0.3 is 6.03 Å². The minimum absolute atomic E-state index is 0.414. The Morgan fingerprint density at radius 2 is 1.84 bits per heavy atom. The van der Waals surface area contributed by atoms with Gasteiger partial charge in [0.05, 0.1) is 11.4 Å². The van der Waals surface area contributed by atoms with Crippen molar-refractivity contribution in [1.82, 2.24) is 5.32 Å². The van der Waals surface area contributed by atoms with Gasteiger partial charge in [0.15, 0.2) is 5.92 Å². The number of nitrogens with one attached hydrogen (secondary N) is 1. The van der Waals surface area contributed by atoms with E-state index in [1.165, 1.54) is 6.21 Å². The summed E-state index contributed by atoms with van der Waals surface area (Å²) >= 11 is 3.32. The summed E-state index contributed by atoms with van der Waals surface area (Å²) in [6.45, 7) is 1.85. The number of barbiturate groups is 1. The van der Waals surface area contributed by atoms with E-state index in [0.717, 1.165) is 14.9 Å². The standard InChI is InChI=1S/C18H14BrN3O3/c1-11-3-2-4-14(9-11)22-17(24)15(16(23)21-18(22)25)10-20-13-7-5-12(19)6-8-13/h2-10,15H,1H3,(H,21,23,25)/t15-/m0/s1. The number of aliphatic imine (C=N–C) groups is 1. The van der Waals surface area contributed by atoms with E-state index in [0.29, 0.717) is 11.4 Å². The van der Waals surface area contributed by atoms with Crippen molar-refractivity contribution in [3.63, 3.8) is 0 Å². The van der Waals surface area contributed by atoms with Crippen molar-refractivity contribution in [2.24, 2.45) is 10.9 Å². The van der Waals surface area contributed by atoms with Crippen LogP contribution in [0.4, 0.5) is 16.2 Å². The molecule has 126 valence electrons. The molecule has 0 radical (unpaired) electrons. The normalized spacial score (nSPS) is 17.9. The third-order valence-corrected chi connectivity index (χ3v) is 4.19. The highest BCUT2D eigenvalue weighted by molar-refractivity contribution is 9.10. The second-order valence-corrected chi connectivity index (χ2v) is 6.45. The molecule has 0 unspecified atom stereocenters. The van der Waals surface area contributed by atoms with E-state index in [-0.39, 0.29) is 0 Å². The van der Waals surface area contributed by atoms with Crippen LogP contribution < -0.4 is 10.2 Å². The number of hydrogen-bond acceptors (Lipinski definition) is 4. The third kappa shape index (κ3) is 3.66. The van der Waals surface area contributed by atoms with Crippen molar-refractivity contribution >= 4 is 51.4 Å². The molecule has 1 N–H and O–H groups in total. The maximum absolute atomic E-state index is 12.7. The van der Waals surface area contributed by atoms with Crippen molar-refractivity contribution in [2.75, 3.05) is 4.90 Å². The molecule has 0 saturated carbocycles. The van der Waals surface area contributed by atoms with Gasteiger partial charge in [0, 0.05) is 10.7 Å². The van der Waals surface area contributed by atoms with Gasteiger partial charge < -0.3 is 0 Å². The molecule has 4 amide bonds. The van der Waals surface area contributed by atoms with E-state index in [1.807, 2.05) is 13.0 Å². The highest BCUT2D eigenvalue weighted by atomic mass is 79.9. The summed E-state index contributed by atoms with van der Waals surface area (Å²) < 4.78 is 0.897. The van der Waals surface area contributed by atoms with Crippen LogP contribution in [0.2, 0.25) is 0 Å². The number of carbonyl (C=O) groups is 3. The molecule has 0 aliphatic carbocycles. The average molecular weight is 400 g/mol. The van der Waals surface area contributed by atoms with Gasteiger partial charge in [-0.05, 0) is 48.9 Å². The molecule has 1 aliphatic rings. The number of urea groups is 1. The Kier molecular flexibility index (Phi) is 4.76. The summed E-state index contributed by atoms with van der Waals surface area (Å²) in [5.74, 6) is -2.47. The summed E-state index contributed by atoms with van der Waals surface area (Å²) in [4.78, 5) is 42.0. The first-order valence-corrected chi connectivity index (χ1v) is 8.30. The van der Waals surface area contributed by atoms with E-state index < -0.39 is 23.8 Å². The van der Waals surface area contributed by atoms with Gasteiger partial charge in [0.25, 0.3) is 5.91 Å². The lowest BCUT2D eigenvalue weighted by molar-refractivity contribution is -0.131. The molecule has 1 atom stereocenters. The number of nitrogens with zero attached hydrogens (tertiary/aromatic N) is 2. The Morgan fingerprint density at radius 3 is 2.52 bits per heavy atom. The zero-order chi connectivity index (χ0) is 18.0. The van der Waals surface area contributed by atoms with Gasteiger partial charge in [-0.25, -0.2) is 9.69 Å². The molecule has 0 bridgehead atoms. The molecule has 1 saturated heterocycles. The van der Waals surface area contributed by atoms with E-state index in [9.17, 15) is 14.4 Å². The van der Waals surface area contributed by atoms with Gasteiger partial charge in [-0.15, -0.1) is 0 Å². The first-order valence-electron chi connectivity index (χ1n) is 7.51. The molecule has 0 spiro atoms. The number of carbonyl (C=O) groups excluding carboxylic acids is 3. The molecule has 2 aromatic carbocycles. The number of aryl methyl sites for hydroxylation is 1. The van der Waals surface area contributed by atoms with Gasteiger partial charge in [0.1, 0.15) is 0 Å². The predicted octanol–water partition coefficient (Wildman–Crippen LogP) is 3.36. The minimum atomic E-state index is -1.16. The molecule has 3 rings (SSSR count). The van der Waals surface area contributed by atoms with Crippen LogP contribution in [0.15, 0.2) is 58.0 Å². The topological polar surface area (TPSA) is 78.8 Å². The predicted molar refractivity (Wildman–Crippen MR) is 98.0 cm³/mol. The highest BCUT2D eigenvalue weighted by Gasteiger charge is 2.40. The summed E-state index contributed by atoms with van der Waals surface area (Å²) in [7, 11) is 0. The van der Waals surface area contributed by atoms with E-state index in [4.69, 9.17) is 0 Å². The SMILES string of the molecule is Cc1cccc(N2C(=O)NC(=O)[C@H](C=Nc3ccc(Br)cc3)C2=O)c1. The van der Waals surface area contributed by atoms with Crippen LogP contribution in [0.1, 0.15) is 5.56 Å². The van der Waals surface area contributed by atoms with Crippen LogP contribution in [0.25, 0.3) is 0 Å². The number of imide groups is 2. The Balaban J connectivity index is 1.89. The first-order chi connectivity index (χ1) is 12.0. The number of rotatable bonds is 3. The summed E-state index contributed by atoms with van der Waals surface area (Å²) in [6, 6.07) is 13.3. The van der Waals surface area contributed by atoms with E-state index >= 15 is 0 Å². The van der Waals surface area contributed by atoms with Crippen molar-refractivity contribution in [3.8, 4) is 0 Å². The zero-order valence-corrected chi connectivity index (χ0v) is 14.9. The fourth-order valence-corrected chi connectivity index (χ4v) is 2.69. The van der Waals surface area contributed by atoms with E-state index in [1.54, 1.807) is 42.5 Å². The molecule has 1 heterocycles. The lowest BCUT2D eigenvalue weighted by atomic mass is 10.1. The monoisotopic (exact) mass is 399 g/mol. The third-order valence-electron chi connectivity index (χ3n) is 3.66. The van der Waals surface area contributed by atoms with Crippen LogP contribution in [0.3, 0.4) is 0 Å². The Morgan fingerprint density at radius 1 is 1.12 bits per heavy atom. The summed E-state index contributed by atoms with van der Waals surface area (Å²) in [5.41, 5.74) is 1.91. The molecule has 2 aromatic rings. The fourth-order valence-electron chi connectivity index (χ4n) is 2.42. The summed E-state index contributed by atoms with van der Waals surface area (Å²) in [5, 5.41) is 2.20. The maximum atomic E-state index is 12.7. The Hall–Kier alpha value is -2.80. The Labute approximate surface area is 152 Å². The number of anilines is 1. The van der Waals surface area contributed by atoms with Crippen molar-refractivity contribution in [3.05, 3.63) is 58.6 Å². The van der Waals surface area contributed by atoms with Crippen molar-refractivity contribution in [2.45, 2.75) is 6.92 Å². The quantitative estimate of drug-likeness (QED) is 0.634. The number of amides is 4. The lowest BCUT2D eigenvalue weighted by Crippen LogP contribution is -2.58. The van der Waals surface area contributed by atoms with Gasteiger partial charge in [-0.2, -0.15) is 0 Å². The van der Waals surface area contributed by atoms with Gasteiger partial charge in [-0.1, -0.05) is 28.1 Å². The average Bonchev–Trinajstić information content (AvgIpc) is 2.56. The smallest absolute Gasteiger partial charge is 0.276 e. The highest BCUT2D eigenvalue weighted by Crippen LogP contribution is 2.22. The maximum Gasteiger partial charge on any atom is 0.335 e. The molecule has 25 heavy (non-hydrogen) atoms. The van der Waals surface area contributed by atoms with E-state index in [2.05, 4.69) is 26.2 Å². The van der Waals surface area contributed by atoms with Crippen LogP contribution in [-0.4, -0.2) is 24.1 Å². The van der Waals surface area contributed by atoms with Crippen LogP contribution >= 0.6 is 15.9 Å². The fraction of sp³-hybridized carbons (Fsp3) is 0.111. The molecular formula is C18H14BrN3O3. The number of benzene rings is 2. The molecule has 1 fully saturated rings. The largest absolute Gasteiger partial charge is 0.335 e. The van der Waals surface area contributed by atoms with Crippen molar-refractivity contribution < 1.29 is 14.4 Å².